The first-order valence-electron chi connectivity index (χ1n) is 11.4. The quantitative estimate of drug-likeness (QED) is 0.699. The highest BCUT2D eigenvalue weighted by Crippen LogP contribution is 2.30. The van der Waals surface area contributed by atoms with E-state index in [0.29, 0.717) is 43.7 Å². The van der Waals surface area contributed by atoms with Crippen molar-refractivity contribution in [2.24, 2.45) is 0 Å². The molecule has 0 saturated carbocycles. The average Bonchev–Trinajstić information content (AvgIpc) is 3.04. The number of amides is 3. The third-order valence-corrected chi connectivity index (χ3v) is 6.22. The van der Waals surface area contributed by atoms with Gasteiger partial charge in [-0.2, -0.15) is 13.2 Å². The van der Waals surface area contributed by atoms with Gasteiger partial charge in [-0.05, 0) is 47.7 Å². The fourth-order valence-corrected chi connectivity index (χ4v) is 4.37. The molecule has 1 saturated heterocycles. The van der Waals surface area contributed by atoms with Crippen LogP contribution >= 0.6 is 0 Å². The van der Waals surface area contributed by atoms with Gasteiger partial charge in [0, 0.05) is 25.7 Å². The summed E-state index contributed by atoms with van der Waals surface area (Å²) in [6.07, 6.45) is -4.29. The van der Waals surface area contributed by atoms with Crippen LogP contribution in [0.4, 0.5) is 23.7 Å². The lowest BCUT2D eigenvalue weighted by atomic mass is 10.0. The normalized spacial score (nSPS) is 18.1. The summed E-state index contributed by atoms with van der Waals surface area (Å²) in [7, 11) is 0. The van der Waals surface area contributed by atoms with Gasteiger partial charge in [-0.15, -0.1) is 0 Å². The van der Waals surface area contributed by atoms with Gasteiger partial charge in [0.1, 0.15) is 6.10 Å². The van der Waals surface area contributed by atoms with Gasteiger partial charge in [-0.25, -0.2) is 4.79 Å². The summed E-state index contributed by atoms with van der Waals surface area (Å²) in [6, 6.07) is 10.5. The van der Waals surface area contributed by atoms with Crippen molar-refractivity contribution in [1.82, 2.24) is 10.2 Å². The summed E-state index contributed by atoms with van der Waals surface area (Å²) in [6.45, 7) is 2.86. The fraction of sp³-hybridized carbons (Fsp3) is 0.400. The molecule has 4 rings (SSSR count). The molecule has 2 aromatic carbocycles. The van der Waals surface area contributed by atoms with Crippen molar-refractivity contribution < 1.29 is 32.3 Å². The van der Waals surface area contributed by atoms with Crippen molar-refractivity contribution in [3.05, 3.63) is 64.7 Å². The Morgan fingerprint density at radius 1 is 1.09 bits per heavy atom. The van der Waals surface area contributed by atoms with Gasteiger partial charge in [0.05, 0.1) is 25.1 Å². The maximum Gasteiger partial charge on any atom is 0.416 e. The number of nitrogens with zero attached hydrogens (tertiary/aromatic N) is 2. The molecule has 7 nitrogen and oxygen atoms in total. The Morgan fingerprint density at radius 2 is 1.83 bits per heavy atom. The predicted molar refractivity (Wildman–Crippen MR) is 122 cm³/mol. The number of benzene rings is 2. The van der Waals surface area contributed by atoms with Crippen LogP contribution in [0.3, 0.4) is 0 Å². The molecule has 2 heterocycles. The third kappa shape index (κ3) is 5.93. The minimum Gasteiger partial charge on any atom is -0.442 e. The molecule has 2 aromatic rings. The Balaban J connectivity index is 1.39. The number of cyclic esters (lactones) is 1. The highest BCUT2D eigenvalue weighted by molar-refractivity contribution is 5.90. The fourth-order valence-electron chi connectivity index (χ4n) is 4.37. The van der Waals surface area contributed by atoms with Crippen LogP contribution in [0.5, 0.6) is 0 Å². The molecule has 1 N–H and O–H groups in total. The molecule has 0 radical (unpaired) electrons. The van der Waals surface area contributed by atoms with Crippen LogP contribution in [-0.4, -0.2) is 55.1 Å². The highest BCUT2D eigenvalue weighted by Gasteiger charge is 2.33. The largest absolute Gasteiger partial charge is 0.442 e. The van der Waals surface area contributed by atoms with E-state index in [9.17, 15) is 27.6 Å². The topological polar surface area (TPSA) is 79.0 Å². The predicted octanol–water partition coefficient (Wildman–Crippen LogP) is 3.34. The summed E-state index contributed by atoms with van der Waals surface area (Å²) in [5.74, 6) is -0.419. The van der Waals surface area contributed by atoms with E-state index < -0.39 is 23.9 Å². The molecule has 0 spiro atoms. The van der Waals surface area contributed by atoms with E-state index in [4.69, 9.17) is 4.74 Å². The molecule has 10 heteroatoms. The lowest BCUT2D eigenvalue weighted by molar-refractivity contribution is -0.138. The van der Waals surface area contributed by atoms with Crippen LogP contribution in [0.1, 0.15) is 29.2 Å². The minimum absolute atomic E-state index is 0.0964. The Bertz CT molecular complexity index is 1140. The molecule has 3 amide bonds. The summed E-state index contributed by atoms with van der Waals surface area (Å²) < 4.78 is 44.3. The molecule has 2 aliphatic heterocycles. The number of nitrogens with one attached hydrogen (secondary N) is 1. The number of ether oxygens (including phenoxy) is 1. The lowest BCUT2D eigenvalue weighted by Gasteiger charge is -2.20. The van der Waals surface area contributed by atoms with Crippen LogP contribution in [0.25, 0.3) is 0 Å². The molecule has 35 heavy (non-hydrogen) atoms. The Kier molecular flexibility index (Phi) is 7.00. The van der Waals surface area contributed by atoms with E-state index in [1.807, 2.05) is 18.2 Å². The van der Waals surface area contributed by atoms with Gasteiger partial charge in [-0.3, -0.25) is 14.5 Å². The van der Waals surface area contributed by atoms with Crippen LogP contribution in [-0.2, 0) is 39.8 Å². The average molecular weight is 489 g/mol. The molecule has 1 unspecified atom stereocenters. The summed E-state index contributed by atoms with van der Waals surface area (Å²) in [4.78, 5) is 39.5. The van der Waals surface area contributed by atoms with Gasteiger partial charge in [-0.1, -0.05) is 24.3 Å². The van der Waals surface area contributed by atoms with Gasteiger partial charge < -0.3 is 15.0 Å². The second-order valence-corrected chi connectivity index (χ2v) is 8.76. The van der Waals surface area contributed by atoms with E-state index in [2.05, 4.69) is 5.32 Å². The van der Waals surface area contributed by atoms with E-state index in [-0.39, 0.29) is 24.8 Å². The monoisotopic (exact) mass is 489 g/mol. The van der Waals surface area contributed by atoms with Crippen molar-refractivity contribution in [3.63, 3.8) is 0 Å². The van der Waals surface area contributed by atoms with Crippen molar-refractivity contribution in [1.29, 1.82) is 0 Å². The first-order valence-corrected chi connectivity index (χ1v) is 11.4. The maximum atomic E-state index is 13.0. The van der Waals surface area contributed by atoms with Crippen molar-refractivity contribution in [2.45, 2.75) is 38.5 Å². The number of rotatable bonds is 5. The highest BCUT2D eigenvalue weighted by atomic mass is 19.4. The van der Waals surface area contributed by atoms with Gasteiger partial charge in [0.2, 0.25) is 11.8 Å². The van der Waals surface area contributed by atoms with Gasteiger partial charge in [0.25, 0.3) is 0 Å². The summed E-state index contributed by atoms with van der Waals surface area (Å²) in [5, 5.41) is 2.65. The molecule has 0 bridgehead atoms. The number of hydrogen-bond acceptors (Lipinski definition) is 4. The number of alkyl halides is 3. The Morgan fingerprint density at radius 3 is 2.54 bits per heavy atom. The Hall–Kier alpha value is -3.56. The number of fused-ring (bicyclic) bond motifs is 1. The SMILES string of the molecule is CC(=O)NCC1CN(c2ccc3c(c2)CCN(C(=O)Cc2cccc(C(F)(F)F)c2)CC3)C(=O)O1. The molecule has 0 aliphatic carbocycles. The first kappa shape index (κ1) is 24.6. The van der Waals surface area contributed by atoms with Crippen LogP contribution < -0.4 is 10.2 Å². The van der Waals surface area contributed by atoms with E-state index in [1.165, 1.54) is 24.0 Å². The van der Waals surface area contributed by atoms with Crippen LogP contribution in [0.2, 0.25) is 0 Å². The zero-order valence-electron chi connectivity index (χ0n) is 19.2. The number of carbonyl (C=O) groups excluding carboxylic acids is 3. The molecule has 1 fully saturated rings. The second-order valence-electron chi connectivity index (χ2n) is 8.76. The van der Waals surface area contributed by atoms with Crippen molar-refractivity contribution >= 4 is 23.6 Å². The van der Waals surface area contributed by atoms with Crippen LogP contribution in [0.15, 0.2) is 42.5 Å². The Labute approximate surface area is 200 Å². The first-order chi connectivity index (χ1) is 16.6. The molecule has 0 aromatic heterocycles. The van der Waals surface area contributed by atoms with E-state index in [1.54, 1.807) is 4.90 Å². The smallest absolute Gasteiger partial charge is 0.416 e. The van der Waals surface area contributed by atoms with E-state index in [0.717, 1.165) is 23.3 Å². The summed E-state index contributed by atoms with van der Waals surface area (Å²) >= 11 is 0. The molecule has 186 valence electrons. The number of carbonyl (C=O) groups is 3. The second kappa shape index (κ2) is 9.97. The number of hydrogen-bond donors (Lipinski definition) is 1. The minimum atomic E-state index is -4.45. The zero-order valence-corrected chi connectivity index (χ0v) is 19.2. The zero-order chi connectivity index (χ0) is 25.2. The number of halogens is 3. The van der Waals surface area contributed by atoms with Gasteiger partial charge >= 0.3 is 12.3 Å². The number of anilines is 1. The molecule has 2 aliphatic rings. The molecule has 1 atom stereocenters. The summed E-state index contributed by atoms with van der Waals surface area (Å²) in [5.41, 5.74) is 2.32. The van der Waals surface area contributed by atoms with Crippen molar-refractivity contribution in [2.75, 3.05) is 31.1 Å². The van der Waals surface area contributed by atoms with Crippen LogP contribution in [0, 0.1) is 0 Å². The van der Waals surface area contributed by atoms with E-state index >= 15 is 0 Å². The maximum absolute atomic E-state index is 13.0. The van der Waals surface area contributed by atoms with Gasteiger partial charge in [0.15, 0.2) is 0 Å². The van der Waals surface area contributed by atoms with Crippen molar-refractivity contribution in [3.8, 4) is 0 Å². The standard InChI is InChI=1S/C25H26F3N3O4/c1-16(32)29-14-22-15-31(24(34)35-22)21-6-5-18-7-9-30(10-8-19(18)13-21)23(33)12-17-3-2-4-20(11-17)25(26,27)28/h2-6,11,13,22H,7-10,12,14-15H2,1H3,(H,29,32). The molecular formula is C25H26F3N3O4. The third-order valence-electron chi connectivity index (χ3n) is 6.22. The molecular weight excluding hydrogens is 463 g/mol. The lowest BCUT2D eigenvalue weighted by Crippen LogP contribution is -2.34.